The summed E-state index contributed by atoms with van der Waals surface area (Å²) < 4.78 is 0. The van der Waals surface area contributed by atoms with Gasteiger partial charge in [0, 0.05) is 5.54 Å². The number of oxime groups is 1. The van der Waals surface area contributed by atoms with E-state index in [2.05, 4.69) is 48.6 Å². The summed E-state index contributed by atoms with van der Waals surface area (Å²) in [5.41, 5.74) is 6.94. The molecule has 1 atom stereocenters. The first-order chi connectivity index (χ1) is 8.98. The number of hydrogen-bond donors (Lipinski definition) is 3. The lowest BCUT2D eigenvalue weighted by atomic mass is 9.93. The zero-order chi connectivity index (χ0) is 14.3. The molecule has 4 nitrogen and oxygen atoms in total. The maximum atomic E-state index is 8.76. The highest BCUT2D eigenvalue weighted by atomic mass is 16.4. The Hall–Kier alpha value is -1.55. The smallest absolute Gasteiger partial charge is 0.156 e. The van der Waals surface area contributed by atoms with Crippen LogP contribution in [-0.2, 0) is 6.42 Å². The number of hydrogen-bond acceptors (Lipinski definition) is 3. The summed E-state index contributed by atoms with van der Waals surface area (Å²) in [4.78, 5) is 0. The molecule has 0 aliphatic carbocycles. The van der Waals surface area contributed by atoms with Gasteiger partial charge in [-0.1, -0.05) is 42.4 Å². The molecule has 4 heteroatoms. The zero-order valence-electron chi connectivity index (χ0n) is 12.1. The van der Waals surface area contributed by atoms with E-state index in [1.54, 1.807) is 0 Å². The second-order valence-corrected chi connectivity index (χ2v) is 5.50. The van der Waals surface area contributed by atoms with Crippen molar-refractivity contribution >= 4 is 5.84 Å². The fourth-order valence-electron chi connectivity index (χ4n) is 2.10. The molecular formula is C15H25N3O. The van der Waals surface area contributed by atoms with Crippen LogP contribution in [0.5, 0.6) is 0 Å². The van der Waals surface area contributed by atoms with Gasteiger partial charge in [0.2, 0.25) is 0 Å². The average molecular weight is 263 g/mol. The van der Waals surface area contributed by atoms with Crippen molar-refractivity contribution in [3.8, 4) is 0 Å². The maximum Gasteiger partial charge on any atom is 0.156 e. The average Bonchev–Trinajstić information content (AvgIpc) is 2.43. The van der Waals surface area contributed by atoms with Crippen molar-refractivity contribution in [1.82, 2.24) is 5.32 Å². The van der Waals surface area contributed by atoms with Gasteiger partial charge in [0.25, 0.3) is 0 Å². The van der Waals surface area contributed by atoms with Gasteiger partial charge in [-0.25, -0.2) is 0 Å². The number of nitrogens with one attached hydrogen (secondary N) is 1. The summed E-state index contributed by atoms with van der Waals surface area (Å²) in [5.74, 6) is 0.246. The van der Waals surface area contributed by atoms with Gasteiger partial charge < -0.3 is 16.3 Å². The van der Waals surface area contributed by atoms with Gasteiger partial charge in [-0.2, -0.15) is 0 Å². The van der Waals surface area contributed by atoms with E-state index in [1.807, 2.05) is 13.0 Å². The third-order valence-corrected chi connectivity index (χ3v) is 3.33. The first kappa shape index (κ1) is 15.5. The molecule has 0 saturated heterocycles. The molecule has 0 aromatic heterocycles. The quantitative estimate of drug-likeness (QED) is 0.306. The summed E-state index contributed by atoms with van der Waals surface area (Å²) in [6.07, 6.45) is 2.80. The van der Waals surface area contributed by atoms with E-state index in [9.17, 15) is 0 Å². The Labute approximate surface area is 115 Å². The van der Waals surface area contributed by atoms with Crippen molar-refractivity contribution in [2.75, 3.05) is 0 Å². The molecule has 1 aromatic rings. The van der Waals surface area contributed by atoms with E-state index in [-0.39, 0.29) is 17.4 Å². The Balaban J connectivity index is 2.55. The van der Waals surface area contributed by atoms with Crippen molar-refractivity contribution in [3.63, 3.8) is 0 Å². The van der Waals surface area contributed by atoms with Crippen molar-refractivity contribution in [2.24, 2.45) is 10.9 Å². The molecule has 0 bridgehead atoms. The summed E-state index contributed by atoms with van der Waals surface area (Å²) in [6.45, 7) is 6.30. The lowest BCUT2D eigenvalue weighted by molar-refractivity contribution is 0.303. The molecule has 0 spiro atoms. The van der Waals surface area contributed by atoms with E-state index in [0.717, 1.165) is 19.3 Å². The molecule has 0 aliphatic rings. The minimum Gasteiger partial charge on any atom is -0.409 e. The molecule has 4 N–H and O–H groups in total. The molecule has 0 heterocycles. The lowest BCUT2D eigenvalue weighted by Gasteiger charge is -2.31. The highest BCUT2D eigenvalue weighted by Crippen LogP contribution is 2.15. The van der Waals surface area contributed by atoms with E-state index in [1.165, 1.54) is 5.56 Å². The van der Waals surface area contributed by atoms with Crippen LogP contribution in [0.25, 0.3) is 0 Å². The lowest BCUT2D eigenvalue weighted by Crippen LogP contribution is -2.51. The minimum absolute atomic E-state index is 0.0637. The number of benzene rings is 1. The fourth-order valence-corrected chi connectivity index (χ4v) is 2.10. The molecule has 1 aromatic carbocycles. The molecule has 1 rings (SSSR count). The predicted molar refractivity (Wildman–Crippen MR) is 79.5 cm³/mol. The Kier molecular flexibility index (Phi) is 5.83. The van der Waals surface area contributed by atoms with Gasteiger partial charge >= 0.3 is 0 Å². The molecule has 19 heavy (non-hydrogen) atoms. The van der Waals surface area contributed by atoms with Crippen molar-refractivity contribution < 1.29 is 5.21 Å². The van der Waals surface area contributed by atoms with Crippen LogP contribution in [0.4, 0.5) is 0 Å². The van der Waals surface area contributed by atoms with Crippen LogP contribution in [0, 0.1) is 0 Å². The number of aryl methyl sites for hydroxylation is 1. The number of nitrogens with zero attached hydrogens (tertiary/aromatic N) is 1. The van der Waals surface area contributed by atoms with Crippen LogP contribution in [0.2, 0.25) is 0 Å². The Morgan fingerprint density at radius 2 is 2.00 bits per heavy atom. The van der Waals surface area contributed by atoms with Gasteiger partial charge in [0.1, 0.15) is 0 Å². The standard InChI is InChI=1S/C15H25N3O/c1-4-13(14(16)18-19)17-15(2,3)11-10-12-8-6-5-7-9-12/h5-9,13,17,19H,4,10-11H2,1-3H3,(H2,16,18). The third kappa shape index (κ3) is 5.30. The highest BCUT2D eigenvalue weighted by Gasteiger charge is 2.23. The summed E-state index contributed by atoms with van der Waals surface area (Å²) >= 11 is 0. The molecule has 0 amide bonds. The fraction of sp³-hybridized carbons (Fsp3) is 0.533. The number of amidine groups is 1. The van der Waals surface area contributed by atoms with Gasteiger partial charge in [0.15, 0.2) is 5.84 Å². The van der Waals surface area contributed by atoms with Crippen LogP contribution in [0.3, 0.4) is 0 Å². The number of rotatable bonds is 7. The van der Waals surface area contributed by atoms with Gasteiger partial charge in [-0.05, 0) is 38.7 Å². The number of nitrogens with two attached hydrogens (primary N) is 1. The highest BCUT2D eigenvalue weighted by molar-refractivity contribution is 5.85. The molecule has 1 unspecified atom stereocenters. The monoisotopic (exact) mass is 263 g/mol. The second kappa shape index (κ2) is 7.14. The second-order valence-electron chi connectivity index (χ2n) is 5.50. The third-order valence-electron chi connectivity index (χ3n) is 3.33. The molecule has 0 saturated carbocycles. The van der Waals surface area contributed by atoms with Crippen LogP contribution >= 0.6 is 0 Å². The molecule has 0 radical (unpaired) electrons. The predicted octanol–water partition coefficient (Wildman–Crippen LogP) is 2.51. The molecule has 0 aliphatic heterocycles. The summed E-state index contributed by atoms with van der Waals surface area (Å²) in [7, 11) is 0. The largest absolute Gasteiger partial charge is 0.409 e. The van der Waals surface area contributed by atoms with Crippen molar-refractivity contribution in [2.45, 2.75) is 51.6 Å². The topological polar surface area (TPSA) is 70.6 Å². The molecule has 106 valence electrons. The summed E-state index contributed by atoms with van der Waals surface area (Å²) in [6, 6.07) is 10.3. The normalized spacial score (nSPS) is 14.4. The van der Waals surface area contributed by atoms with E-state index >= 15 is 0 Å². The van der Waals surface area contributed by atoms with Gasteiger partial charge in [0.05, 0.1) is 6.04 Å². The van der Waals surface area contributed by atoms with Crippen LogP contribution in [0.15, 0.2) is 35.5 Å². The van der Waals surface area contributed by atoms with Crippen LogP contribution < -0.4 is 11.1 Å². The Morgan fingerprint density at radius 1 is 1.37 bits per heavy atom. The van der Waals surface area contributed by atoms with E-state index in [0.29, 0.717) is 0 Å². The Morgan fingerprint density at radius 3 is 2.53 bits per heavy atom. The van der Waals surface area contributed by atoms with Gasteiger partial charge in [-0.3, -0.25) is 0 Å². The van der Waals surface area contributed by atoms with E-state index < -0.39 is 0 Å². The van der Waals surface area contributed by atoms with Crippen LogP contribution in [0.1, 0.15) is 39.2 Å². The van der Waals surface area contributed by atoms with Crippen molar-refractivity contribution in [1.29, 1.82) is 0 Å². The minimum atomic E-state index is -0.0872. The van der Waals surface area contributed by atoms with Crippen molar-refractivity contribution in [3.05, 3.63) is 35.9 Å². The Bertz CT molecular complexity index is 401. The first-order valence-corrected chi connectivity index (χ1v) is 6.77. The van der Waals surface area contributed by atoms with E-state index in [4.69, 9.17) is 10.9 Å². The van der Waals surface area contributed by atoms with Crippen LogP contribution in [-0.4, -0.2) is 22.6 Å². The molecular weight excluding hydrogens is 238 g/mol. The SMILES string of the molecule is CCC(NC(C)(C)CCc1ccccc1)/C(N)=N/O. The van der Waals surface area contributed by atoms with Gasteiger partial charge in [-0.15, -0.1) is 0 Å². The zero-order valence-corrected chi connectivity index (χ0v) is 12.1. The first-order valence-electron chi connectivity index (χ1n) is 6.77. The molecule has 0 fully saturated rings. The summed E-state index contributed by atoms with van der Waals surface area (Å²) in [5, 5.41) is 15.3. The maximum absolute atomic E-state index is 8.76.